The number of nitrogens with zero attached hydrogens (tertiary/aromatic N) is 1. The molecule has 78 valence electrons. The smallest absolute Gasteiger partial charge is 0.264 e. The van der Waals surface area contributed by atoms with Crippen LogP contribution in [0.1, 0.15) is 25.7 Å². The fraction of sp³-hybridized carbons (Fsp3) is 0.778. The van der Waals surface area contributed by atoms with Crippen LogP contribution in [0, 0.1) is 0 Å². The summed E-state index contributed by atoms with van der Waals surface area (Å²) in [4.78, 5) is 14.8. The average Bonchev–Trinajstić information content (AvgIpc) is 2.56. The van der Waals surface area contributed by atoms with Gasteiger partial charge in [0.05, 0.1) is 12.3 Å². The normalized spacial score (nSPS) is 37.2. The van der Waals surface area contributed by atoms with Gasteiger partial charge >= 0.3 is 0 Å². The van der Waals surface area contributed by atoms with Gasteiger partial charge in [0.2, 0.25) is 0 Å². The number of amides is 1. The standard InChI is InChI=1S/C9H15N3O2/c13-7-4-2-1-3-6(7)11-9-10-5-8(14)12-9/h5-7,9,11,13H,1-4H2,(H,12,14)/t6-,7+,9?/m0/s1. The number of aliphatic hydroxyl groups is 1. The lowest BCUT2D eigenvalue weighted by Gasteiger charge is -2.29. The lowest BCUT2D eigenvalue weighted by atomic mass is 9.93. The van der Waals surface area contributed by atoms with Crippen molar-refractivity contribution in [1.29, 1.82) is 0 Å². The summed E-state index contributed by atoms with van der Waals surface area (Å²) in [5.74, 6) is -0.173. The lowest BCUT2D eigenvalue weighted by molar-refractivity contribution is -0.114. The third-order valence-electron chi connectivity index (χ3n) is 2.72. The summed E-state index contributed by atoms with van der Waals surface area (Å²) in [7, 11) is 0. The second-order valence-corrected chi connectivity index (χ2v) is 3.81. The van der Waals surface area contributed by atoms with Crippen LogP contribution < -0.4 is 10.6 Å². The minimum absolute atomic E-state index is 0.0595. The average molecular weight is 197 g/mol. The molecule has 1 aliphatic heterocycles. The van der Waals surface area contributed by atoms with E-state index < -0.39 is 0 Å². The van der Waals surface area contributed by atoms with Crippen molar-refractivity contribution in [3.8, 4) is 0 Å². The predicted molar refractivity (Wildman–Crippen MR) is 51.8 cm³/mol. The number of hydrogen-bond acceptors (Lipinski definition) is 4. The number of aliphatic hydroxyl groups excluding tert-OH is 1. The molecule has 0 spiro atoms. The van der Waals surface area contributed by atoms with E-state index in [0.717, 1.165) is 25.7 Å². The summed E-state index contributed by atoms with van der Waals surface area (Å²) < 4.78 is 0. The predicted octanol–water partition coefficient (Wildman–Crippen LogP) is -0.636. The largest absolute Gasteiger partial charge is 0.392 e. The van der Waals surface area contributed by atoms with Crippen LogP contribution in [0.15, 0.2) is 4.99 Å². The Balaban J connectivity index is 1.84. The van der Waals surface area contributed by atoms with Crippen molar-refractivity contribution in [3.05, 3.63) is 0 Å². The van der Waals surface area contributed by atoms with Gasteiger partial charge in [0.15, 0.2) is 6.29 Å². The molecule has 1 amide bonds. The van der Waals surface area contributed by atoms with Crippen LogP contribution in [0.3, 0.4) is 0 Å². The Bertz CT molecular complexity index is 254. The van der Waals surface area contributed by atoms with E-state index in [2.05, 4.69) is 15.6 Å². The molecule has 5 heteroatoms. The Morgan fingerprint density at radius 2 is 2.29 bits per heavy atom. The topological polar surface area (TPSA) is 73.7 Å². The van der Waals surface area contributed by atoms with Crippen LogP contribution in [0.2, 0.25) is 0 Å². The van der Waals surface area contributed by atoms with E-state index in [4.69, 9.17) is 0 Å². The van der Waals surface area contributed by atoms with E-state index in [1.165, 1.54) is 6.21 Å². The van der Waals surface area contributed by atoms with Crippen LogP contribution in [0.5, 0.6) is 0 Å². The number of carbonyl (C=O) groups is 1. The molecule has 1 aliphatic carbocycles. The molecule has 1 heterocycles. The summed E-state index contributed by atoms with van der Waals surface area (Å²) in [5, 5.41) is 15.4. The van der Waals surface area contributed by atoms with E-state index >= 15 is 0 Å². The quantitative estimate of drug-likeness (QED) is 0.551. The first-order chi connectivity index (χ1) is 6.75. The Kier molecular flexibility index (Phi) is 2.79. The molecule has 0 aromatic carbocycles. The Morgan fingerprint density at radius 3 is 2.93 bits per heavy atom. The molecule has 3 atom stereocenters. The lowest BCUT2D eigenvalue weighted by Crippen LogP contribution is -2.50. The molecule has 0 aromatic rings. The highest BCUT2D eigenvalue weighted by Gasteiger charge is 2.26. The zero-order chi connectivity index (χ0) is 9.97. The van der Waals surface area contributed by atoms with E-state index in [1.807, 2.05) is 0 Å². The van der Waals surface area contributed by atoms with Crippen molar-refractivity contribution in [2.75, 3.05) is 0 Å². The molecule has 0 radical (unpaired) electrons. The van der Waals surface area contributed by atoms with Gasteiger partial charge in [-0.15, -0.1) is 0 Å². The zero-order valence-electron chi connectivity index (χ0n) is 7.94. The fourth-order valence-corrected chi connectivity index (χ4v) is 1.94. The Labute approximate surface area is 82.6 Å². The Hall–Kier alpha value is -0.940. The van der Waals surface area contributed by atoms with Gasteiger partial charge in [0.1, 0.15) is 0 Å². The summed E-state index contributed by atoms with van der Waals surface area (Å²) in [6, 6.07) is 0.0595. The molecule has 0 saturated heterocycles. The third kappa shape index (κ3) is 2.10. The summed E-state index contributed by atoms with van der Waals surface area (Å²) in [6.07, 6.45) is 4.60. The van der Waals surface area contributed by atoms with Crippen molar-refractivity contribution in [2.45, 2.75) is 44.1 Å². The van der Waals surface area contributed by atoms with E-state index in [0.29, 0.717) is 0 Å². The van der Waals surface area contributed by atoms with Crippen molar-refractivity contribution in [2.24, 2.45) is 4.99 Å². The number of hydrogen-bond donors (Lipinski definition) is 3. The number of rotatable bonds is 2. The molecule has 2 rings (SSSR count). The fourth-order valence-electron chi connectivity index (χ4n) is 1.94. The second-order valence-electron chi connectivity index (χ2n) is 3.81. The molecule has 1 saturated carbocycles. The second kappa shape index (κ2) is 4.06. The number of carbonyl (C=O) groups excluding carboxylic acids is 1. The molecule has 1 unspecified atom stereocenters. The van der Waals surface area contributed by atoms with Crippen LogP contribution in [-0.2, 0) is 4.79 Å². The van der Waals surface area contributed by atoms with Gasteiger partial charge < -0.3 is 10.4 Å². The molecule has 3 N–H and O–H groups in total. The van der Waals surface area contributed by atoms with Gasteiger partial charge in [-0.05, 0) is 12.8 Å². The molecule has 2 aliphatic rings. The zero-order valence-corrected chi connectivity index (χ0v) is 7.94. The summed E-state index contributed by atoms with van der Waals surface area (Å²) in [5.41, 5.74) is 0. The maximum Gasteiger partial charge on any atom is 0.264 e. The van der Waals surface area contributed by atoms with E-state index in [9.17, 15) is 9.90 Å². The first kappa shape index (κ1) is 9.61. The third-order valence-corrected chi connectivity index (χ3v) is 2.72. The van der Waals surface area contributed by atoms with Crippen molar-refractivity contribution < 1.29 is 9.90 Å². The molecular formula is C9H15N3O2. The van der Waals surface area contributed by atoms with Gasteiger partial charge in [-0.25, -0.2) is 4.99 Å². The van der Waals surface area contributed by atoms with Crippen molar-refractivity contribution >= 4 is 12.1 Å². The summed E-state index contributed by atoms with van der Waals surface area (Å²) >= 11 is 0. The van der Waals surface area contributed by atoms with Crippen molar-refractivity contribution in [3.63, 3.8) is 0 Å². The highest BCUT2D eigenvalue weighted by Crippen LogP contribution is 2.18. The molecule has 1 fully saturated rings. The maximum atomic E-state index is 10.8. The molecule has 5 nitrogen and oxygen atoms in total. The van der Waals surface area contributed by atoms with Crippen molar-refractivity contribution in [1.82, 2.24) is 10.6 Å². The number of nitrogens with one attached hydrogen (secondary N) is 2. The molecule has 0 aromatic heterocycles. The summed E-state index contributed by atoms with van der Waals surface area (Å²) in [6.45, 7) is 0. The van der Waals surface area contributed by atoms with E-state index in [1.54, 1.807) is 0 Å². The minimum Gasteiger partial charge on any atom is -0.392 e. The highest BCUT2D eigenvalue weighted by atomic mass is 16.3. The van der Waals surface area contributed by atoms with Crippen LogP contribution >= 0.6 is 0 Å². The van der Waals surface area contributed by atoms with Crippen LogP contribution in [-0.4, -0.2) is 35.7 Å². The first-order valence-corrected chi connectivity index (χ1v) is 5.03. The minimum atomic E-state index is -0.347. The molecular weight excluding hydrogens is 182 g/mol. The highest BCUT2D eigenvalue weighted by molar-refractivity contribution is 6.27. The SMILES string of the molecule is O=C1C=NC(N[C@H]2CCCC[C@H]2O)N1. The maximum absolute atomic E-state index is 10.8. The van der Waals surface area contributed by atoms with Gasteiger partial charge in [0.25, 0.3) is 5.91 Å². The number of aliphatic imine (C=N–C) groups is 1. The first-order valence-electron chi connectivity index (χ1n) is 5.03. The van der Waals surface area contributed by atoms with Gasteiger partial charge in [-0.3, -0.25) is 10.1 Å². The Morgan fingerprint density at radius 1 is 1.50 bits per heavy atom. The van der Waals surface area contributed by atoms with E-state index in [-0.39, 0.29) is 24.3 Å². The van der Waals surface area contributed by atoms with Gasteiger partial charge in [-0.1, -0.05) is 12.8 Å². The molecule has 0 bridgehead atoms. The monoisotopic (exact) mass is 197 g/mol. The van der Waals surface area contributed by atoms with Gasteiger partial charge in [0, 0.05) is 6.04 Å². The molecule has 14 heavy (non-hydrogen) atoms. The van der Waals surface area contributed by atoms with Crippen LogP contribution in [0.4, 0.5) is 0 Å². The van der Waals surface area contributed by atoms with Gasteiger partial charge in [-0.2, -0.15) is 0 Å². The van der Waals surface area contributed by atoms with Crippen LogP contribution in [0.25, 0.3) is 0 Å².